The van der Waals surface area contributed by atoms with Crippen molar-refractivity contribution < 1.29 is 0 Å². The first kappa shape index (κ1) is 14.0. The molecule has 0 saturated heterocycles. The van der Waals surface area contributed by atoms with Gasteiger partial charge in [-0.05, 0) is 30.2 Å². The fourth-order valence-corrected chi connectivity index (χ4v) is 3.94. The predicted molar refractivity (Wildman–Crippen MR) is 79.9 cm³/mol. The highest BCUT2D eigenvalue weighted by atomic mass is 32.1. The van der Waals surface area contributed by atoms with E-state index >= 15 is 0 Å². The first-order valence-electron chi connectivity index (χ1n) is 7.21. The smallest absolute Gasteiger partial charge is 0.0566 e. The molecule has 1 fully saturated rings. The van der Waals surface area contributed by atoms with Crippen molar-refractivity contribution in [1.29, 1.82) is 0 Å². The lowest BCUT2D eigenvalue weighted by Gasteiger charge is -2.36. The van der Waals surface area contributed by atoms with Gasteiger partial charge in [0.1, 0.15) is 0 Å². The Morgan fingerprint density at radius 1 is 1.39 bits per heavy atom. The minimum atomic E-state index is 0.426. The highest BCUT2D eigenvalue weighted by Crippen LogP contribution is 2.33. The van der Waals surface area contributed by atoms with Crippen LogP contribution in [0.2, 0.25) is 0 Å². The molecule has 1 aromatic heterocycles. The van der Waals surface area contributed by atoms with E-state index in [1.165, 1.54) is 37.1 Å². The van der Waals surface area contributed by atoms with Gasteiger partial charge in [0.05, 0.1) is 6.04 Å². The van der Waals surface area contributed by atoms with E-state index in [0.717, 1.165) is 12.6 Å². The van der Waals surface area contributed by atoms with Crippen molar-refractivity contribution in [3.63, 3.8) is 0 Å². The number of hydrogen-bond acceptors (Lipinski definition) is 3. The zero-order valence-corrected chi connectivity index (χ0v) is 12.5. The summed E-state index contributed by atoms with van der Waals surface area (Å²) in [6, 6.07) is 5.56. The SMILES string of the molecule is CC(C)CN(C1CCCC1)C(CN)c1cccs1. The Morgan fingerprint density at radius 3 is 2.61 bits per heavy atom. The van der Waals surface area contributed by atoms with Gasteiger partial charge in [-0.2, -0.15) is 0 Å². The monoisotopic (exact) mass is 266 g/mol. The van der Waals surface area contributed by atoms with E-state index in [2.05, 4.69) is 36.3 Å². The summed E-state index contributed by atoms with van der Waals surface area (Å²) in [5, 5.41) is 2.17. The number of rotatable bonds is 6. The Bertz CT molecular complexity index is 328. The van der Waals surface area contributed by atoms with Crippen LogP contribution in [0, 0.1) is 5.92 Å². The van der Waals surface area contributed by atoms with Gasteiger partial charge in [-0.25, -0.2) is 0 Å². The second-order valence-electron chi connectivity index (χ2n) is 5.80. The summed E-state index contributed by atoms with van der Waals surface area (Å²) in [5.74, 6) is 0.708. The van der Waals surface area contributed by atoms with Gasteiger partial charge in [0, 0.05) is 24.0 Å². The molecule has 1 atom stereocenters. The Kier molecular flexibility index (Phi) is 5.22. The average Bonchev–Trinajstić information content (AvgIpc) is 3.01. The molecule has 1 aromatic rings. The van der Waals surface area contributed by atoms with Crippen molar-refractivity contribution in [3.05, 3.63) is 22.4 Å². The highest BCUT2D eigenvalue weighted by Gasteiger charge is 2.29. The van der Waals surface area contributed by atoms with E-state index in [9.17, 15) is 0 Å². The fourth-order valence-electron chi connectivity index (χ4n) is 3.08. The summed E-state index contributed by atoms with van der Waals surface area (Å²) >= 11 is 1.85. The van der Waals surface area contributed by atoms with Gasteiger partial charge in [0.2, 0.25) is 0 Å². The van der Waals surface area contributed by atoms with E-state index in [4.69, 9.17) is 5.73 Å². The second-order valence-corrected chi connectivity index (χ2v) is 6.78. The third-order valence-corrected chi connectivity index (χ3v) is 4.84. The number of thiophene rings is 1. The zero-order chi connectivity index (χ0) is 13.0. The maximum Gasteiger partial charge on any atom is 0.0566 e. The molecule has 1 aliphatic rings. The molecule has 1 unspecified atom stereocenters. The van der Waals surface area contributed by atoms with Crippen molar-refractivity contribution in [3.8, 4) is 0 Å². The van der Waals surface area contributed by atoms with E-state index in [1.54, 1.807) is 0 Å². The summed E-state index contributed by atoms with van der Waals surface area (Å²) < 4.78 is 0. The molecule has 1 heterocycles. The molecule has 2 N–H and O–H groups in total. The quantitative estimate of drug-likeness (QED) is 0.851. The molecule has 18 heavy (non-hydrogen) atoms. The molecule has 2 rings (SSSR count). The lowest BCUT2D eigenvalue weighted by molar-refractivity contribution is 0.123. The minimum absolute atomic E-state index is 0.426. The van der Waals surface area contributed by atoms with Crippen LogP contribution in [0.25, 0.3) is 0 Å². The van der Waals surface area contributed by atoms with Crippen LogP contribution >= 0.6 is 11.3 Å². The van der Waals surface area contributed by atoms with Crippen LogP contribution in [0.3, 0.4) is 0 Å². The molecule has 0 amide bonds. The summed E-state index contributed by atoms with van der Waals surface area (Å²) in [5.41, 5.74) is 6.07. The average molecular weight is 266 g/mol. The molecule has 0 bridgehead atoms. The van der Waals surface area contributed by atoms with Crippen molar-refractivity contribution >= 4 is 11.3 Å². The Balaban J connectivity index is 2.14. The van der Waals surface area contributed by atoms with Crippen molar-refractivity contribution in [2.24, 2.45) is 11.7 Å². The van der Waals surface area contributed by atoms with Crippen molar-refractivity contribution in [2.45, 2.75) is 51.6 Å². The first-order chi connectivity index (χ1) is 8.72. The molecule has 0 aromatic carbocycles. The van der Waals surface area contributed by atoms with E-state index in [1.807, 2.05) is 11.3 Å². The Labute approximate surface area is 115 Å². The third-order valence-electron chi connectivity index (χ3n) is 3.86. The van der Waals surface area contributed by atoms with Crippen LogP contribution in [0.4, 0.5) is 0 Å². The molecule has 1 saturated carbocycles. The number of hydrogen-bond donors (Lipinski definition) is 1. The van der Waals surface area contributed by atoms with Gasteiger partial charge in [-0.15, -0.1) is 11.3 Å². The second kappa shape index (κ2) is 6.69. The Morgan fingerprint density at radius 2 is 2.11 bits per heavy atom. The molecular formula is C15H26N2S. The van der Waals surface area contributed by atoms with Crippen molar-refractivity contribution in [1.82, 2.24) is 4.90 Å². The predicted octanol–water partition coefficient (Wildman–Crippen LogP) is 3.65. The molecule has 102 valence electrons. The lowest BCUT2D eigenvalue weighted by atomic mass is 10.1. The normalized spacial score (nSPS) is 18.9. The van der Waals surface area contributed by atoms with Crippen LogP contribution < -0.4 is 5.73 Å². The van der Waals surface area contributed by atoms with Gasteiger partial charge in [0.25, 0.3) is 0 Å². The lowest BCUT2D eigenvalue weighted by Crippen LogP contribution is -2.42. The molecule has 0 radical (unpaired) electrons. The van der Waals surface area contributed by atoms with Crippen LogP contribution in [0.5, 0.6) is 0 Å². The largest absolute Gasteiger partial charge is 0.329 e. The van der Waals surface area contributed by atoms with Crippen LogP contribution in [-0.2, 0) is 0 Å². The minimum Gasteiger partial charge on any atom is -0.329 e. The third kappa shape index (κ3) is 3.34. The van der Waals surface area contributed by atoms with Crippen LogP contribution in [0.1, 0.15) is 50.4 Å². The van der Waals surface area contributed by atoms with Crippen molar-refractivity contribution in [2.75, 3.05) is 13.1 Å². The standard InChI is InChI=1S/C15H26N2S/c1-12(2)11-17(13-6-3-4-7-13)14(10-16)15-8-5-9-18-15/h5,8-9,12-14H,3-4,6-7,10-11,16H2,1-2H3. The van der Waals surface area contributed by atoms with Crippen LogP contribution in [0.15, 0.2) is 17.5 Å². The maximum absolute atomic E-state index is 6.07. The summed E-state index contributed by atoms with van der Waals surface area (Å²) in [6.45, 7) is 6.53. The van der Waals surface area contributed by atoms with Gasteiger partial charge in [0.15, 0.2) is 0 Å². The zero-order valence-electron chi connectivity index (χ0n) is 11.6. The van der Waals surface area contributed by atoms with Crippen LogP contribution in [-0.4, -0.2) is 24.0 Å². The first-order valence-corrected chi connectivity index (χ1v) is 8.09. The van der Waals surface area contributed by atoms with Gasteiger partial charge < -0.3 is 5.73 Å². The van der Waals surface area contributed by atoms with Gasteiger partial charge in [-0.1, -0.05) is 32.8 Å². The van der Waals surface area contributed by atoms with Gasteiger partial charge >= 0.3 is 0 Å². The van der Waals surface area contributed by atoms with E-state index < -0.39 is 0 Å². The molecule has 0 spiro atoms. The van der Waals surface area contributed by atoms with E-state index in [0.29, 0.717) is 12.0 Å². The number of nitrogens with two attached hydrogens (primary N) is 1. The molecule has 3 heteroatoms. The fraction of sp³-hybridized carbons (Fsp3) is 0.733. The molecule has 0 aliphatic heterocycles. The Hall–Kier alpha value is -0.380. The molecule has 1 aliphatic carbocycles. The number of nitrogens with zero attached hydrogens (tertiary/aromatic N) is 1. The van der Waals surface area contributed by atoms with Gasteiger partial charge in [-0.3, -0.25) is 4.90 Å². The summed E-state index contributed by atoms with van der Waals surface area (Å²) in [6.07, 6.45) is 5.49. The molecule has 2 nitrogen and oxygen atoms in total. The summed E-state index contributed by atoms with van der Waals surface area (Å²) in [7, 11) is 0. The molecular weight excluding hydrogens is 240 g/mol. The highest BCUT2D eigenvalue weighted by molar-refractivity contribution is 7.10. The maximum atomic E-state index is 6.07. The summed E-state index contributed by atoms with van der Waals surface area (Å²) in [4.78, 5) is 4.12. The van der Waals surface area contributed by atoms with E-state index in [-0.39, 0.29) is 0 Å². The topological polar surface area (TPSA) is 29.3 Å².